The molecule has 7 nitrogen and oxygen atoms in total. The van der Waals surface area contributed by atoms with Crippen LogP contribution in [0, 0.1) is 0 Å². The van der Waals surface area contributed by atoms with E-state index in [0.717, 1.165) is 5.31 Å². The van der Waals surface area contributed by atoms with Crippen LogP contribution in [0.1, 0.15) is 19.3 Å². The van der Waals surface area contributed by atoms with Gasteiger partial charge in [-0.3, -0.25) is 9.59 Å². The van der Waals surface area contributed by atoms with E-state index in [2.05, 4.69) is 5.32 Å². The summed E-state index contributed by atoms with van der Waals surface area (Å²) in [6, 6.07) is 4.38. The molecule has 0 aromatic heterocycles. The third-order valence-corrected chi connectivity index (χ3v) is 5.24. The van der Waals surface area contributed by atoms with Gasteiger partial charge in [-0.15, -0.1) is 0 Å². The van der Waals surface area contributed by atoms with E-state index in [1.54, 1.807) is 18.2 Å². The molecule has 4 N–H and O–H groups in total. The second-order valence-electron chi connectivity index (χ2n) is 6.82. The third kappa shape index (κ3) is 5.48. The molecule has 1 aromatic rings. The zero-order valence-electron chi connectivity index (χ0n) is 15.9. The fourth-order valence-corrected chi connectivity index (χ4v) is 3.97. The molecule has 27 heavy (non-hydrogen) atoms. The fraction of sp³-hybridized carbons (Fsp3) is 0.556. The van der Waals surface area contributed by atoms with Crippen molar-refractivity contribution in [2.45, 2.75) is 37.5 Å². The highest BCUT2D eigenvalue weighted by atomic mass is 35.5. The molecule has 0 aliphatic carbocycles. The summed E-state index contributed by atoms with van der Waals surface area (Å²) in [4.78, 5) is 26.1. The molecular weight excluding hydrogens is 391 g/mol. The number of benzene rings is 1. The highest BCUT2D eigenvalue weighted by Crippen LogP contribution is 2.27. The van der Waals surface area contributed by atoms with Crippen LogP contribution in [0.2, 0.25) is 11.5 Å². The van der Waals surface area contributed by atoms with Gasteiger partial charge in [-0.05, 0) is 24.6 Å². The van der Waals surface area contributed by atoms with Crippen molar-refractivity contribution in [2.75, 3.05) is 26.2 Å². The molecule has 2 atom stereocenters. The van der Waals surface area contributed by atoms with Crippen LogP contribution < -0.4 is 21.1 Å². The maximum Gasteiger partial charge on any atom is 0.239 e. The van der Waals surface area contributed by atoms with Crippen molar-refractivity contribution >= 4 is 35.0 Å². The molecule has 9 heteroatoms. The van der Waals surface area contributed by atoms with Crippen LogP contribution in [0.3, 0.4) is 0 Å². The van der Waals surface area contributed by atoms with E-state index >= 15 is 0 Å². The molecule has 2 amide bonds. The molecule has 0 radical (unpaired) electrons. The largest absolute Gasteiger partial charge is 0.490 e. The van der Waals surface area contributed by atoms with E-state index in [9.17, 15) is 9.59 Å². The SMILES string of the molecule is [2H]N(C(=O)CN)[C@H]1CN[C@H](C(=O)N2CCC(Oc3cc(Cl)cc(Cl)c3)CC2)C1. The number of rotatable bonds is 5. The summed E-state index contributed by atoms with van der Waals surface area (Å²) in [5, 5.41) is 5.05. The van der Waals surface area contributed by atoms with Crippen molar-refractivity contribution in [2.24, 2.45) is 5.73 Å². The zero-order valence-corrected chi connectivity index (χ0v) is 16.4. The first-order valence-corrected chi connectivity index (χ1v) is 9.79. The highest BCUT2D eigenvalue weighted by molar-refractivity contribution is 6.34. The minimum absolute atomic E-state index is 0.000322. The van der Waals surface area contributed by atoms with Crippen LogP contribution in [0.15, 0.2) is 18.2 Å². The smallest absolute Gasteiger partial charge is 0.239 e. The summed E-state index contributed by atoms with van der Waals surface area (Å²) >= 11 is 12.0. The Morgan fingerprint density at radius 1 is 1.30 bits per heavy atom. The molecule has 3 rings (SSSR count). The summed E-state index contributed by atoms with van der Waals surface area (Å²) in [6.07, 6.45) is 1.84. The van der Waals surface area contributed by atoms with Gasteiger partial charge in [0.1, 0.15) is 11.9 Å². The fourth-order valence-electron chi connectivity index (χ4n) is 3.46. The number of nitrogens with two attached hydrogens (primary N) is 1. The van der Waals surface area contributed by atoms with Crippen LogP contribution >= 0.6 is 23.2 Å². The first-order chi connectivity index (χ1) is 13.4. The normalized spacial score (nSPS) is 23.8. The van der Waals surface area contributed by atoms with Crippen molar-refractivity contribution in [1.82, 2.24) is 15.5 Å². The summed E-state index contributed by atoms with van der Waals surface area (Å²) in [6.45, 7) is 1.39. The van der Waals surface area contributed by atoms with Crippen molar-refractivity contribution in [3.63, 3.8) is 0 Å². The molecule has 0 saturated carbocycles. The van der Waals surface area contributed by atoms with Crippen LogP contribution in [0.5, 0.6) is 5.75 Å². The Balaban J connectivity index is 1.48. The molecule has 148 valence electrons. The standard InChI is InChI=1S/C18H24Cl2N4O3/c19-11-5-12(20)7-15(6-11)27-14-1-3-24(4-2-14)18(26)16-8-13(10-22-16)23-17(25)9-21/h5-7,13-14,16,22H,1-4,8-10,21H2,(H,23,25)/t13-,16+/m1/s1/i/hD. The van der Waals surface area contributed by atoms with Gasteiger partial charge in [0.25, 0.3) is 0 Å². The van der Waals surface area contributed by atoms with Crippen LogP contribution in [0.25, 0.3) is 0 Å². The number of hydrogen-bond donors (Lipinski definition) is 3. The first kappa shape index (κ1) is 18.8. The van der Waals surface area contributed by atoms with Crippen molar-refractivity contribution in [1.29, 1.82) is 0 Å². The Kier molecular flexibility index (Phi) is 6.34. The van der Waals surface area contributed by atoms with Gasteiger partial charge in [0, 0.05) is 48.6 Å². The second kappa shape index (κ2) is 9.10. The predicted octanol–water partition coefficient (Wildman–Crippen LogP) is 1.17. The van der Waals surface area contributed by atoms with Gasteiger partial charge < -0.3 is 26.0 Å². The van der Waals surface area contributed by atoms with E-state index in [4.69, 9.17) is 35.1 Å². The second-order valence-corrected chi connectivity index (χ2v) is 7.70. The lowest BCUT2D eigenvalue weighted by atomic mass is 10.1. The minimum Gasteiger partial charge on any atom is -0.490 e. The van der Waals surface area contributed by atoms with E-state index in [1.165, 1.54) is 0 Å². The summed E-state index contributed by atoms with van der Waals surface area (Å²) < 4.78 is 13.8. The molecular formula is C18H24Cl2N4O3. The van der Waals surface area contributed by atoms with E-state index in [0.29, 0.717) is 54.7 Å². The summed E-state index contributed by atoms with van der Waals surface area (Å²) in [5.74, 6) is 0.182. The van der Waals surface area contributed by atoms with Crippen molar-refractivity contribution < 1.29 is 15.7 Å². The first-order valence-electron chi connectivity index (χ1n) is 9.48. The molecule has 2 saturated heterocycles. The topological polar surface area (TPSA) is 96.7 Å². The number of amides is 2. The number of carbonyl (C=O) groups excluding carboxylic acids is 2. The molecule has 2 heterocycles. The van der Waals surface area contributed by atoms with Crippen LogP contribution in [-0.4, -0.2) is 61.1 Å². The van der Waals surface area contributed by atoms with Crippen molar-refractivity contribution in [3.05, 3.63) is 28.2 Å². The number of nitrogens with zero attached hydrogens (tertiary/aromatic N) is 1. The Bertz CT molecular complexity index is 711. The highest BCUT2D eigenvalue weighted by Gasteiger charge is 2.34. The monoisotopic (exact) mass is 415 g/mol. The molecule has 0 bridgehead atoms. The van der Waals surface area contributed by atoms with Gasteiger partial charge in [-0.1, -0.05) is 23.2 Å². The summed E-state index contributed by atoms with van der Waals surface area (Å²) in [5.41, 5.74) is 5.30. The van der Waals surface area contributed by atoms with Gasteiger partial charge in [0.05, 0.1) is 12.6 Å². The lowest BCUT2D eigenvalue weighted by Crippen LogP contribution is -2.48. The number of piperidine rings is 1. The van der Waals surface area contributed by atoms with Gasteiger partial charge in [-0.25, -0.2) is 0 Å². The Labute approximate surface area is 170 Å². The average Bonchev–Trinajstić information content (AvgIpc) is 3.16. The van der Waals surface area contributed by atoms with Crippen molar-refractivity contribution in [3.8, 4) is 5.75 Å². The minimum atomic E-state index is -0.445. The third-order valence-electron chi connectivity index (χ3n) is 4.80. The number of carbonyl (C=O) groups is 2. The van der Waals surface area contributed by atoms with Crippen LogP contribution in [-0.2, 0) is 9.59 Å². The Hall–Kier alpha value is -1.54. The predicted molar refractivity (Wildman–Crippen MR) is 104 cm³/mol. The molecule has 0 spiro atoms. The average molecular weight is 416 g/mol. The Morgan fingerprint density at radius 3 is 2.59 bits per heavy atom. The molecule has 2 aliphatic rings. The number of nitrogens with one attached hydrogen (secondary N) is 2. The molecule has 2 aliphatic heterocycles. The van der Waals surface area contributed by atoms with E-state index < -0.39 is 5.91 Å². The zero-order chi connectivity index (χ0) is 20.3. The van der Waals surface area contributed by atoms with E-state index in [1.807, 2.05) is 4.90 Å². The Morgan fingerprint density at radius 2 is 1.96 bits per heavy atom. The lowest BCUT2D eigenvalue weighted by molar-refractivity contribution is -0.135. The number of hydrogen-bond acceptors (Lipinski definition) is 5. The maximum absolute atomic E-state index is 12.8. The quantitative estimate of drug-likeness (QED) is 0.670. The number of halogens is 2. The number of likely N-dealkylation sites (tertiary alicyclic amines) is 1. The van der Waals surface area contributed by atoms with Crippen LogP contribution in [0.4, 0.5) is 0 Å². The van der Waals surface area contributed by atoms with E-state index in [-0.39, 0.29) is 30.6 Å². The molecule has 2 fully saturated rings. The lowest BCUT2D eigenvalue weighted by Gasteiger charge is -2.33. The molecule has 0 unspecified atom stereocenters. The number of ether oxygens (including phenoxy) is 1. The van der Waals surface area contributed by atoms with Gasteiger partial charge >= 0.3 is 0 Å². The van der Waals surface area contributed by atoms with Gasteiger partial charge in [0.15, 0.2) is 1.41 Å². The van der Waals surface area contributed by atoms with Gasteiger partial charge in [-0.2, -0.15) is 0 Å². The maximum atomic E-state index is 12.8. The molecule has 1 aromatic carbocycles. The summed E-state index contributed by atoms with van der Waals surface area (Å²) in [7, 11) is 0. The van der Waals surface area contributed by atoms with Gasteiger partial charge in [0.2, 0.25) is 11.8 Å².